The summed E-state index contributed by atoms with van der Waals surface area (Å²) in [4.78, 5) is 11.6. The fraction of sp³-hybridized carbons (Fsp3) is 0.700. The van der Waals surface area contributed by atoms with E-state index < -0.39 is 0 Å². The third kappa shape index (κ3) is 2.86. The molecule has 15 heavy (non-hydrogen) atoms. The summed E-state index contributed by atoms with van der Waals surface area (Å²) in [7, 11) is 0. The van der Waals surface area contributed by atoms with E-state index in [1.807, 2.05) is 13.8 Å². The van der Waals surface area contributed by atoms with Crippen LogP contribution in [0, 0.1) is 17.3 Å². The van der Waals surface area contributed by atoms with Gasteiger partial charge in [0.1, 0.15) is 4.49 Å². The van der Waals surface area contributed by atoms with Crippen LogP contribution in [-0.2, 0) is 4.79 Å². The van der Waals surface area contributed by atoms with Gasteiger partial charge in [-0.2, -0.15) is 0 Å². The topological polar surface area (TPSA) is 49.3 Å². The highest BCUT2D eigenvalue weighted by atomic mass is 35.5. The maximum atomic E-state index is 11.6. The number of aliphatic hydroxyl groups is 1. The predicted octanol–water partition coefficient (Wildman–Crippen LogP) is 1.69. The van der Waals surface area contributed by atoms with Gasteiger partial charge in [0.15, 0.2) is 0 Å². The molecule has 1 fully saturated rings. The highest BCUT2D eigenvalue weighted by Crippen LogP contribution is 2.59. The Morgan fingerprint density at radius 3 is 2.60 bits per heavy atom. The monoisotopic (exact) mass is 251 g/mol. The number of hydrogen-bond acceptors (Lipinski definition) is 2. The standard InChI is InChI=1S/C10H15Cl2NO2/c1-10(2)6(5-7(11)12)8(10)9(15)13-3-4-14/h5-6,8,14H,3-4H2,1-2H3,(H,13,15)/t6-,8-/m1/s1. The molecule has 1 amide bonds. The van der Waals surface area contributed by atoms with E-state index in [0.717, 1.165) is 0 Å². The number of halogens is 2. The number of nitrogens with one attached hydrogen (secondary N) is 1. The van der Waals surface area contributed by atoms with Crippen molar-refractivity contribution < 1.29 is 9.90 Å². The molecule has 0 saturated heterocycles. The van der Waals surface area contributed by atoms with E-state index in [1.54, 1.807) is 6.08 Å². The van der Waals surface area contributed by atoms with Gasteiger partial charge in [0.2, 0.25) is 5.91 Å². The number of rotatable bonds is 4. The molecule has 5 heteroatoms. The van der Waals surface area contributed by atoms with E-state index in [2.05, 4.69) is 5.32 Å². The van der Waals surface area contributed by atoms with Crippen molar-refractivity contribution in [2.45, 2.75) is 13.8 Å². The second-order valence-corrected chi connectivity index (χ2v) is 5.30. The molecule has 0 aromatic rings. The first-order valence-corrected chi connectivity index (χ1v) is 5.58. The summed E-state index contributed by atoms with van der Waals surface area (Å²) in [5.74, 6) is -0.0670. The molecule has 0 aromatic carbocycles. The van der Waals surface area contributed by atoms with Gasteiger partial charge >= 0.3 is 0 Å². The molecule has 2 atom stereocenters. The van der Waals surface area contributed by atoms with Crippen LogP contribution in [0.2, 0.25) is 0 Å². The van der Waals surface area contributed by atoms with Crippen molar-refractivity contribution in [3.05, 3.63) is 10.6 Å². The van der Waals surface area contributed by atoms with Crippen molar-refractivity contribution in [3.8, 4) is 0 Å². The van der Waals surface area contributed by atoms with Crippen LogP contribution in [0.25, 0.3) is 0 Å². The van der Waals surface area contributed by atoms with Crippen molar-refractivity contribution in [3.63, 3.8) is 0 Å². The molecule has 1 aliphatic rings. The highest BCUT2D eigenvalue weighted by molar-refractivity contribution is 6.55. The molecule has 0 unspecified atom stereocenters. The lowest BCUT2D eigenvalue weighted by Gasteiger charge is -2.03. The van der Waals surface area contributed by atoms with E-state index in [1.165, 1.54) is 0 Å². The maximum absolute atomic E-state index is 11.6. The van der Waals surface area contributed by atoms with Gasteiger partial charge in [-0.3, -0.25) is 4.79 Å². The van der Waals surface area contributed by atoms with Crippen LogP contribution in [-0.4, -0.2) is 24.2 Å². The van der Waals surface area contributed by atoms with Gasteiger partial charge in [0, 0.05) is 6.54 Å². The number of aliphatic hydroxyl groups excluding tert-OH is 1. The quantitative estimate of drug-likeness (QED) is 0.799. The molecule has 1 aliphatic carbocycles. The van der Waals surface area contributed by atoms with Crippen LogP contribution in [0.4, 0.5) is 0 Å². The maximum Gasteiger partial charge on any atom is 0.224 e. The molecule has 0 bridgehead atoms. The molecule has 2 N–H and O–H groups in total. The first kappa shape index (κ1) is 12.8. The van der Waals surface area contributed by atoms with Crippen LogP contribution in [0.3, 0.4) is 0 Å². The Morgan fingerprint density at radius 1 is 1.53 bits per heavy atom. The molecule has 86 valence electrons. The summed E-state index contributed by atoms with van der Waals surface area (Å²) in [5.41, 5.74) is -0.103. The van der Waals surface area contributed by atoms with Gasteiger partial charge < -0.3 is 10.4 Å². The molecule has 0 aliphatic heterocycles. The lowest BCUT2D eigenvalue weighted by Crippen LogP contribution is -2.29. The van der Waals surface area contributed by atoms with E-state index in [0.29, 0.717) is 0 Å². The molecule has 1 rings (SSSR count). The Kier molecular flexibility index (Phi) is 4.04. The van der Waals surface area contributed by atoms with E-state index in [4.69, 9.17) is 28.3 Å². The van der Waals surface area contributed by atoms with Crippen LogP contribution in [0.15, 0.2) is 10.6 Å². The first-order chi connectivity index (χ1) is 6.91. The molecule has 0 aromatic heterocycles. The first-order valence-electron chi connectivity index (χ1n) is 4.82. The summed E-state index contributed by atoms with van der Waals surface area (Å²) in [6.45, 7) is 4.23. The Balaban J connectivity index is 2.58. The predicted molar refractivity (Wildman–Crippen MR) is 60.6 cm³/mol. The molecule has 0 heterocycles. The van der Waals surface area contributed by atoms with Crippen molar-refractivity contribution >= 4 is 29.1 Å². The van der Waals surface area contributed by atoms with E-state index in [9.17, 15) is 4.79 Å². The number of hydrogen-bond donors (Lipinski definition) is 2. The summed E-state index contributed by atoms with van der Waals surface area (Å²) in [6.07, 6.45) is 1.70. The summed E-state index contributed by atoms with van der Waals surface area (Å²) in [6, 6.07) is 0. The van der Waals surface area contributed by atoms with Crippen LogP contribution in [0.5, 0.6) is 0 Å². The molecule has 3 nitrogen and oxygen atoms in total. The number of carbonyl (C=O) groups is 1. The molecule has 1 saturated carbocycles. The zero-order valence-corrected chi connectivity index (χ0v) is 10.3. The minimum atomic E-state index is -0.103. The van der Waals surface area contributed by atoms with Crippen molar-refractivity contribution in [2.75, 3.05) is 13.2 Å². The number of carbonyl (C=O) groups excluding carboxylic acids is 1. The molecule has 0 spiro atoms. The lowest BCUT2D eigenvalue weighted by atomic mass is 10.1. The zero-order chi connectivity index (χ0) is 11.6. The second kappa shape index (κ2) is 4.73. The smallest absolute Gasteiger partial charge is 0.224 e. The third-order valence-electron chi connectivity index (χ3n) is 2.91. The Morgan fingerprint density at radius 2 is 2.13 bits per heavy atom. The molecular formula is C10H15Cl2NO2. The van der Waals surface area contributed by atoms with Crippen LogP contribution >= 0.6 is 23.2 Å². The van der Waals surface area contributed by atoms with Gasteiger partial charge in [-0.1, -0.05) is 37.0 Å². The van der Waals surface area contributed by atoms with Gasteiger partial charge in [0.25, 0.3) is 0 Å². The Labute approximate surface area is 99.4 Å². The fourth-order valence-corrected chi connectivity index (χ4v) is 2.19. The average molecular weight is 252 g/mol. The Bertz CT molecular complexity index is 285. The van der Waals surface area contributed by atoms with Crippen molar-refractivity contribution in [2.24, 2.45) is 17.3 Å². The summed E-state index contributed by atoms with van der Waals surface area (Å²) >= 11 is 11.1. The van der Waals surface area contributed by atoms with E-state index >= 15 is 0 Å². The molecule has 0 radical (unpaired) electrons. The third-order valence-corrected chi connectivity index (χ3v) is 3.16. The lowest BCUT2D eigenvalue weighted by molar-refractivity contribution is -0.123. The minimum Gasteiger partial charge on any atom is -0.395 e. The number of amides is 1. The molecular weight excluding hydrogens is 237 g/mol. The van der Waals surface area contributed by atoms with Crippen LogP contribution < -0.4 is 5.32 Å². The van der Waals surface area contributed by atoms with Gasteiger partial charge in [-0.25, -0.2) is 0 Å². The second-order valence-electron chi connectivity index (χ2n) is 4.30. The van der Waals surface area contributed by atoms with Gasteiger partial charge in [-0.05, 0) is 17.4 Å². The van der Waals surface area contributed by atoms with Gasteiger partial charge in [0.05, 0.1) is 12.5 Å². The van der Waals surface area contributed by atoms with Gasteiger partial charge in [-0.15, -0.1) is 0 Å². The van der Waals surface area contributed by atoms with Crippen molar-refractivity contribution in [1.29, 1.82) is 0 Å². The zero-order valence-electron chi connectivity index (χ0n) is 8.76. The Hall–Kier alpha value is -0.250. The average Bonchev–Trinajstić information content (AvgIpc) is 2.63. The van der Waals surface area contributed by atoms with E-state index in [-0.39, 0.29) is 40.8 Å². The SMILES string of the molecule is CC1(C)[C@H](C=C(Cl)Cl)[C@@H]1C(=O)NCCO. The normalized spacial score (nSPS) is 27.0. The number of allylic oxidation sites excluding steroid dienone is 1. The highest BCUT2D eigenvalue weighted by Gasteiger charge is 2.60. The fourth-order valence-electron chi connectivity index (χ4n) is 1.91. The summed E-state index contributed by atoms with van der Waals surface area (Å²) in [5, 5.41) is 11.2. The largest absolute Gasteiger partial charge is 0.395 e. The minimum absolute atomic E-state index is 0.0460. The van der Waals surface area contributed by atoms with Crippen LogP contribution in [0.1, 0.15) is 13.8 Å². The van der Waals surface area contributed by atoms with Crippen molar-refractivity contribution in [1.82, 2.24) is 5.32 Å². The summed E-state index contributed by atoms with van der Waals surface area (Å²) < 4.78 is 0.200.